The van der Waals surface area contributed by atoms with Gasteiger partial charge in [0.15, 0.2) is 0 Å². The SMILES string of the molecule is CC(C)(C)OC(=O)CN(C1CCCN(c2ccc(-n3ccccc3=O)cc2)C1=O)S(=O)(=O)c1ccc2cc(Cl)ccc2c1. The van der Waals surface area contributed by atoms with E-state index < -0.39 is 40.1 Å². The van der Waals surface area contributed by atoms with Crippen LogP contribution >= 0.6 is 11.6 Å². The number of esters is 1. The standard InChI is InChI=1S/C32H32ClN3O6S/c1-32(2,3)42-30(38)21-36(43(40,41)27-16-10-22-19-24(33)11-9-23(22)20-27)28-7-6-18-35(31(28)39)26-14-12-25(13-15-26)34-17-5-4-8-29(34)37/h4-5,8-17,19-20,28H,6-7,18,21H2,1-3H3. The van der Waals surface area contributed by atoms with Crippen molar-refractivity contribution >= 4 is 50.0 Å². The van der Waals surface area contributed by atoms with Gasteiger partial charge in [0.25, 0.3) is 5.56 Å². The van der Waals surface area contributed by atoms with Gasteiger partial charge >= 0.3 is 5.97 Å². The van der Waals surface area contributed by atoms with E-state index in [4.69, 9.17) is 16.3 Å². The smallest absolute Gasteiger partial charge is 0.321 e. The van der Waals surface area contributed by atoms with E-state index in [1.54, 1.807) is 87.6 Å². The first-order chi connectivity index (χ1) is 20.3. The van der Waals surface area contributed by atoms with E-state index in [2.05, 4.69) is 0 Å². The Labute approximate surface area is 255 Å². The molecule has 1 aliphatic rings. The molecular weight excluding hydrogens is 590 g/mol. The van der Waals surface area contributed by atoms with Crippen LogP contribution in [0.25, 0.3) is 16.5 Å². The molecule has 0 saturated carbocycles. The minimum atomic E-state index is -4.33. The monoisotopic (exact) mass is 621 g/mol. The number of nitrogens with zero attached hydrogens (tertiary/aromatic N) is 3. The Kier molecular flexibility index (Phi) is 8.47. The van der Waals surface area contributed by atoms with Crippen molar-refractivity contribution in [3.05, 3.63) is 100 Å². The topological polar surface area (TPSA) is 106 Å². The third-order valence-corrected chi connectivity index (χ3v) is 9.19. The summed E-state index contributed by atoms with van der Waals surface area (Å²) >= 11 is 6.10. The number of carbonyl (C=O) groups excluding carboxylic acids is 2. The lowest BCUT2D eigenvalue weighted by Crippen LogP contribution is -2.55. The largest absolute Gasteiger partial charge is 0.459 e. The molecule has 1 aliphatic heterocycles. The number of anilines is 1. The van der Waals surface area contributed by atoms with Crippen molar-refractivity contribution in [3.8, 4) is 5.69 Å². The van der Waals surface area contributed by atoms with Crippen molar-refractivity contribution in [3.63, 3.8) is 0 Å². The Morgan fingerprint density at radius 2 is 1.63 bits per heavy atom. The molecule has 0 N–H and O–H groups in total. The van der Waals surface area contributed by atoms with E-state index in [1.165, 1.54) is 27.7 Å². The number of hydrogen-bond donors (Lipinski definition) is 0. The van der Waals surface area contributed by atoms with Crippen LogP contribution in [0, 0.1) is 0 Å². The van der Waals surface area contributed by atoms with Crippen LogP contribution in [-0.4, -0.2) is 53.9 Å². The summed E-state index contributed by atoms with van der Waals surface area (Å²) in [6.45, 7) is 4.83. The molecule has 1 fully saturated rings. The molecule has 43 heavy (non-hydrogen) atoms. The molecule has 0 spiro atoms. The molecule has 1 unspecified atom stereocenters. The molecule has 1 atom stereocenters. The first kappa shape index (κ1) is 30.5. The normalized spacial score (nSPS) is 16.1. The van der Waals surface area contributed by atoms with Crippen molar-refractivity contribution in [1.82, 2.24) is 8.87 Å². The molecule has 0 aliphatic carbocycles. The van der Waals surface area contributed by atoms with Crippen molar-refractivity contribution in [2.75, 3.05) is 18.0 Å². The first-order valence-electron chi connectivity index (χ1n) is 13.9. The number of pyridine rings is 1. The van der Waals surface area contributed by atoms with Gasteiger partial charge < -0.3 is 9.64 Å². The Morgan fingerprint density at radius 3 is 2.33 bits per heavy atom. The number of hydrogen-bond acceptors (Lipinski definition) is 6. The summed E-state index contributed by atoms with van der Waals surface area (Å²) in [5, 5.41) is 1.93. The number of benzene rings is 3. The van der Waals surface area contributed by atoms with Crippen LogP contribution in [0.1, 0.15) is 33.6 Å². The second-order valence-electron chi connectivity index (χ2n) is 11.4. The number of halogens is 1. The predicted molar refractivity (Wildman–Crippen MR) is 166 cm³/mol. The highest BCUT2D eigenvalue weighted by atomic mass is 35.5. The molecule has 4 aromatic rings. The molecule has 2 heterocycles. The van der Waals surface area contributed by atoms with Gasteiger partial charge in [0, 0.05) is 35.2 Å². The van der Waals surface area contributed by atoms with Gasteiger partial charge in [-0.25, -0.2) is 8.42 Å². The van der Waals surface area contributed by atoms with Gasteiger partial charge in [-0.2, -0.15) is 4.31 Å². The maximum atomic E-state index is 14.2. The van der Waals surface area contributed by atoms with Crippen LogP contribution in [0.4, 0.5) is 5.69 Å². The minimum absolute atomic E-state index is 0.0477. The molecule has 5 rings (SSSR count). The zero-order chi connectivity index (χ0) is 30.9. The molecular formula is C32H32ClN3O6S. The van der Waals surface area contributed by atoms with E-state index in [0.29, 0.717) is 34.7 Å². The number of amides is 1. The van der Waals surface area contributed by atoms with Crippen LogP contribution in [-0.2, 0) is 24.3 Å². The first-order valence-corrected chi connectivity index (χ1v) is 15.7. The lowest BCUT2D eigenvalue weighted by molar-refractivity contribution is -0.155. The van der Waals surface area contributed by atoms with Gasteiger partial charge in [0.2, 0.25) is 15.9 Å². The summed E-state index contributed by atoms with van der Waals surface area (Å²) in [6.07, 6.45) is 2.39. The highest BCUT2D eigenvalue weighted by Gasteiger charge is 2.42. The molecule has 3 aromatic carbocycles. The maximum Gasteiger partial charge on any atom is 0.321 e. The fourth-order valence-corrected chi connectivity index (χ4v) is 6.94. The summed E-state index contributed by atoms with van der Waals surface area (Å²) < 4.78 is 36.2. The van der Waals surface area contributed by atoms with Crippen molar-refractivity contribution in [2.45, 2.75) is 50.2 Å². The predicted octanol–water partition coefficient (Wildman–Crippen LogP) is 5.17. The average Bonchev–Trinajstić information content (AvgIpc) is 2.95. The number of carbonyl (C=O) groups is 2. The number of sulfonamides is 1. The summed E-state index contributed by atoms with van der Waals surface area (Å²) in [5.41, 5.74) is 0.144. The average molecular weight is 622 g/mol. The number of ether oxygens (including phenoxy) is 1. The number of piperidine rings is 1. The van der Waals surface area contributed by atoms with Gasteiger partial charge in [-0.3, -0.25) is 19.0 Å². The Morgan fingerprint density at radius 1 is 0.953 bits per heavy atom. The number of aromatic nitrogens is 1. The second-order valence-corrected chi connectivity index (χ2v) is 13.7. The highest BCUT2D eigenvalue weighted by Crippen LogP contribution is 2.30. The third kappa shape index (κ3) is 6.66. The van der Waals surface area contributed by atoms with Gasteiger partial charge in [-0.05, 0) is 99.0 Å². The molecule has 1 aromatic heterocycles. The van der Waals surface area contributed by atoms with Crippen LogP contribution in [0.2, 0.25) is 5.02 Å². The van der Waals surface area contributed by atoms with Crippen molar-refractivity contribution < 1.29 is 22.7 Å². The summed E-state index contributed by atoms with van der Waals surface area (Å²) in [7, 11) is -4.33. The lowest BCUT2D eigenvalue weighted by atomic mass is 10.0. The lowest BCUT2D eigenvalue weighted by Gasteiger charge is -2.37. The van der Waals surface area contributed by atoms with Crippen molar-refractivity contribution in [2.24, 2.45) is 0 Å². The van der Waals surface area contributed by atoms with Crippen LogP contribution in [0.3, 0.4) is 0 Å². The van der Waals surface area contributed by atoms with Crippen LogP contribution in [0.15, 0.2) is 94.7 Å². The zero-order valence-electron chi connectivity index (χ0n) is 24.1. The van der Waals surface area contributed by atoms with Crippen LogP contribution in [0.5, 0.6) is 0 Å². The van der Waals surface area contributed by atoms with Crippen LogP contribution < -0.4 is 10.5 Å². The fraction of sp³-hybridized carbons (Fsp3) is 0.281. The van der Waals surface area contributed by atoms with E-state index in [-0.39, 0.29) is 16.9 Å². The minimum Gasteiger partial charge on any atom is -0.459 e. The van der Waals surface area contributed by atoms with Gasteiger partial charge in [-0.15, -0.1) is 0 Å². The molecule has 1 saturated heterocycles. The Balaban J connectivity index is 1.49. The van der Waals surface area contributed by atoms with E-state index in [0.717, 1.165) is 9.69 Å². The maximum absolute atomic E-state index is 14.2. The van der Waals surface area contributed by atoms with E-state index in [1.807, 2.05) is 0 Å². The van der Waals surface area contributed by atoms with Gasteiger partial charge in [0.1, 0.15) is 18.2 Å². The summed E-state index contributed by atoms with van der Waals surface area (Å²) in [6, 6.07) is 20.3. The zero-order valence-corrected chi connectivity index (χ0v) is 25.6. The molecule has 11 heteroatoms. The quantitative estimate of drug-likeness (QED) is 0.264. The van der Waals surface area contributed by atoms with E-state index >= 15 is 0 Å². The van der Waals surface area contributed by atoms with E-state index in [9.17, 15) is 22.8 Å². The second kappa shape index (κ2) is 11.9. The molecule has 9 nitrogen and oxygen atoms in total. The molecule has 0 radical (unpaired) electrons. The number of rotatable bonds is 7. The number of fused-ring (bicyclic) bond motifs is 1. The Bertz CT molecular complexity index is 1850. The van der Waals surface area contributed by atoms with Gasteiger partial charge in [-0.1, -0.05) is 29.8 Å². The molecule has 0 bridgehead atoms. The third-order valence-electron chi connectivity index (χ3n) is 7.11. The highest BCUT2D eigenvalue weighted by molar-refractivity contribution is 7.89. The Hall–Kier alpha value is -3.99. The summed E-state index contributed by atoms with van der Waals surface area (Å²) in [4.78, 5) is 40.7. The molecule has 1 amide bonds. The fourth-order valence-electron chi connectivity index (χ4n) is 5.17. The summed E-state index contributed by atoms with van der Waals surface area (Å²) in [5.74, 6) is -1.21. The van der Waals surface area contributed by atoms with Gasteiger partial charge in [0.05, 0.1) is 4.90 Å². The van der Waals surface area contributed by atoms with Crippen molar-refractivity contribution in [1.29, 1.82) is 0 Å². The molecule has 224 valence electrons.